The molecule has 0 amide bonds. The second kappa shape index (κ2) is 14.9. The van der Waals surface area contributed by atoms with Gasteiger partial charge in [0.15, 0.2) is 23.1 Å². The lowest BCUT2D eigenvalue weighted by Crippen LogP contribution is -2.43. The monoisotopic (exact) mass is 813 g/mol. The number of ether oxygens (including phenoxy) is 3. The van der Waals surface area contributed by atoms with E-state index in [9.17, 15) is 0 Å². The summed E-state index contributed by atoms with van der Waals surface area (Å²) in [5.41, 5.74) is 6.99. The van der Waals surface area contributed by atoms with Crippen molar-refractivity contribution < 1.29 is 14.2 Å². The number of hydrogen-bond donors (Lipinski definition) is 3. The lowest BCUT2D eigenvalue weighted by molar-refractivity contribution is 0.0152. The van der Waals surface area contributed by atoms with E-state index in [-0.39, 0.29) is 18.9 Å². The third kappa shape index (κ3) is 6.88. The maximum atomic E-state index is 6.62. The van der Waals surface area contributed by atoms with Gasteiger partial charge in [0.05, 0.1) is 29.0 Å². The molecule has 1 aromatic carbocycles. The van der Waals surface area contributed by atoms with Crippen molar-refractivity contribution in [1.29, 1.82) is 0 Å². The van der Waals surface area contributed by atoms with Gasteiger partial charge in [-0.05, 0) is 106 Å². The van der Waals surface area contributed by atoms with Crippen LogP contribution in [0.4, 0.5) is 33.5 Å². The highest BCUT2D eigenvalue weighted by atomic mass is 32.1. The number of aromatic nitrogens is 9. The minimum absolute atomic E-state index is 0.0308. The van der Waals surface area contributed by atoms with Crippen LogP contribution in [0.15, 0.2) is 79.4 Å². The first-order valence-electron chi connectivity index (χ1n) is 19.0. The van der Waals surface area contributed by atoms with E-state index < -0.39 is 6.23 Å². The number of fused-ring (bicyclic) bond motifs is 3. The van der Waals surface area contributed by atoms with Crippen LogP contribution in [0.5, 0.6) is 11.5 Å². The molecule has 0 aliphatic carbocycles. The Bertz CT molecular complexity index is 2760. The average molecular weight is 814 g/mol. The molecule has 2 atom stereocenters. The zero-order valence-corrected chi connectivity index (χ0v) is 33.7. The van der Waals surface area contributed by atoms with Crippen LogP contribution >= 0.6 is 23.1 Å². The van der Waals surface area contributed by atoms with Crippen molar-refractivity contribution in [2.24, 2.45) is 0 Å². The molecular formula is C40H39N13O3S2. The highest BCUT2D eigenvalue weighted by Crippen LogP contribution is 2.39. The summed E-state index contributed by atoms with van der Waals surface area (Å²) in [7, 11) is 0. The molecule has 2 aliphatic rings. The first-order chi connectivity index (χ1) is 28.3. The summed E-state index contributed by atoms with van der Waals surface area (Å²) in [5, 5.41) is 12.5. The number of anilines is 6. The van der Waals surface area contributed by atoms with Crippen molar-refractivity contribution in [2.45, 2.75) is 58.8 Å². The summed E-state index contributed by atoms with van der Waals surface area (Å²) < 4.78 is 31.1. The number of rotatable bonds is 11. The first-order valence-corrected chi connectivity index (χ1v) is 20.5. The Balaban J connectivity index is 1.02. The maximum Gasteiger partial charge on any atom is 0.235 e. The number of benzene rings is 1. The molecule has 9 heterocycles. The Hall–Kier alpha value is -6.37. The Morgan fingerprint density at radius 2 is 1.55 bits per heavy atom. The van der Waals surface area contributed by atoms with Crippen LogP contribution in [-0.2, 0) is 4.74 Å². The minimum atomic E-state index is -0.423. The van der Waals surface area contributed by atoms with Gasteiger partial charge in [-0.15, -0.1) is 0 Å². The zero-order chi connectivity index (χ0) is 39.3. The number of nitrogens with zero attached hydrogens (tertiary/aromatic N) is 10. The third-order valence-corrected chi connectivity index (χ3v) is 11.6. The highest BCUT2D eigenvalue weighted by molar-refractivity contribution is 7.10. The number of hydrogen-bond acceptors (Lipinski definition) is 16. The van der Waals surface area contributed by atoms with Crippen LogP contribution in [0.3, 0.4) is 0 Å². The van der Waals surface area contributed by atoms with Gasteiger partial charge in [0.25, 0.3) is 0 Å². The molecule has 18 heteroatoms. The fourth-order valence-electron chi connectivity index (χ4n) is 7.33. The van der Waals surface area contributed by atoms with Gasteiger partial charge in [-0.25, -0.2) is 9.97 Å². The summed E-state index contributed by atoms with van der Waals surface area (Å²) in [6, 6.07) is 18.0. The number of nitrogens with one attached hydrogen (secondary N) is 3. The molecule has 7 aromatic heterocycles. The standard InChI is InChI=1S/C40H39N13O3S2/c1-22(2)42-37-36-29(10-15-52(36)27-5-6-30-31(20-27)56-21-55-30)45-40(48-37)53(34-18-24(4)50-58-34)33-19-25(11-16-54-33)43-38-35-28(9-14-51(35)26-7-12-41-13-8-26)44-39(47-38)46-32-17-23(3)49-57-32/h5-10,12-15,17-18,20,22,25,33H,11,16,19,21H2,1-4H3,(H,42,45,48)(H2,43,44,46,47). The normalized spacial score (nSPS) is 16.4. The van der Waals surface area contributed by atoms with Gasteiger partial charge in [0, 0.05) is 60.7 Å². The molecule has 0 spiro atoms. The molecule has 0 radical (unpaired) electrons. The Morgan fingerprint density at radius 1 is 0.793 bits per heavy atom. The summed E-state index contributed by atoms with van der Waals surface area (Å²) >= 11 is 2.78. The smallest absolute Gasteiger partial charge is 0.235 e. The van der Waals surface area contributed by atoms with Gasteiger partial charge in [-0.2, -0.15) is 18.7 Å². The van der Waals surface area contributed by atoms with Gasteiger partial charge in [0.2, 0.25) is 18.7 Å². The van der Waals surface area contributed by atoms with Crippen molar-refractivity contribution in [3.63, 3.8) is 0 Å². The zero-order valence-electron chi connectivity index (χ0n) is 32.1. The molecule has 0 saturated carbocycles. The van der Waals surface area contributed by atoms with E-state index in [1.54, 1.807) is 12.4 Å². The molecular weight excluding hydrogens is 775 g/mol. The average Bonchev–Trinajstić information content (AvgIpc) is 4.07. The SMILES string of the molecule is Cc1cc(Nc2nc(NC3CCOC(N(c4nc(NC(C)C)c5c(ccn5-c5ccc6c(c5)OCO6)n4)c4cc(C)ns4)C3)c3c(ccn3-c3ccncc3)n2)sn1. The molecule has 58 heavy (non-hydrogen) atoms. The van der Waals surface area contributed by atoms with E-state index in [2.05, 4.69) is 63.6 Å². The van der Waals surface area contributed by atoms with Gasteiger partial charge >= 0.3 is 0 Å². The van der Waals surface area contributed by atoms with Crippen molar-refractivity contribution in [3.8, 4) is 22.9 Å². The van der Waals surface area contributed by atoms with Crippen molar-refractivity contribution in [1.82, 2.24) is 42.8 Å². The van der Waals surface area contributed by atoms with E-state index in [1.807, 2.05) is 74.8 Å². The van der Waals surface area contributed by atoms with Crippen LogP contribution in [0.25, 0.3) is 33.4 Å². The van der Waals surface area contributed by atoms with Crippen LogP contribution < -0.4 is 30.3 Å². The molecule has 8 aromatic rings. The van der Waals surface area contributed by atoms with E-state index >= 15 is 0 Å². The lowest BCUT2D eigenvalue weighted by atomic mass is 10.1. The van der Waals surface area contributed by atoms with Crippen molar-refractivity contribution in [3.05, 3.63) is 90.8 Å². The third-order valence-electron chi connectivity index (χ3n) is 9.88. The fourth-order valence-corrected chi connectivity index (χ4v) is 8.79. The van der Waals surface area contributed by atoms with Crippen LogP contribution in [0.1, 0.15) is 38.1 Å². The maximum absolute atomic E-state index is 6.62. The van der Waals surface area contributed by atoms with Gasteiger partial charge < -0.3 is 39.3 Å². The first kappa shape index (κ1) is 36.0. The quantitative estimate of drug-likeness (QED) is 0.115. The summed E-state index contributed by atoms with van der Waals surface area (Å²) in [6.07, 6.45) is 8.51. The highest BCUT2D eigenvalue weighted by Gasteiger charge is 2.33. The Morgan fingerprint density at radius 3 is 2.33 bits per heavy atom. The molecule has 16 nitrogen and oxygen atoms in total. The summed E-state index contributed by atoms with van der Waals surface area (Å²) in [6.45, 7) is 8.86. The molecule has 2 aliphatic heterocycles. The van der Waals surface area contributed by atoms with Gasteiger partial charge in [-0.3, -0.25) is 9.88 Å². The fraction of sp³-hybridized carbons (Fsp3) is 0.275. The van der Waals surface area contributed by atoms with Crippen LogP contribution in [0, 0.1) is 13.8 Å². The molecule has 1 fully saturated rings. The van der Waals surface area contributed by atoms with Gasteiger partial charge in [0.1, 0.15) is 27.3 Å². The molecule has 1 saturated heterocycles. The van der Waals surface area contributed by atoms with E-state index in [4.69, 9.17) is 34.1 Å². The summed E-state index contributed by atoms with van der Waals surface area (Å²) in [4.78, 5) is 26.7. The largest absolute Gasteiger partial charge is 0.454 e. The van der Waals surface area contributed by atoms with Crippen LogP contribution in [-0.4, -0.2) is 74.5 Å². The van der Waals surface area contributed by atoms with E-state index in [0.29, 0.717) is 42.3 Å². The van der Waals surface area contributed by atoms with Crippen molar-refractivity contribution >= 4 is 78.7 Å². The van der Waals surface area contributed by atoms with Crippen molar-refractivity contribution in [2.75, 3.05) is 34.3 Å². The molecule has 2 unspecified atom stereocenters. The van der Waals surface area contributed by atoms with E-state index in [1.165, 1.54) is 23.1 Å². The lowest BCUT2D eigenvalue weighted by Gasteiger charge is -2.37. The Labute approximate surface area is 341 Å². The number of aryl methyl sites for hydroxylation is 2. The molecule has 0 bridgehead atoms. The molecule has 294 valence electrons. The minimum Gasteiger partial charge on any atom is -0.454 e. The molecule has 10 rings (SSSR count). The molecule has 3 N–H and O–H groups in total. The van der Waals surface area contributed by atoms with E-state index in [0.717, 1.165) is 67.0 Å². The second-order valence-corrected chi connectivity index (χ2v) is 16.1. The number of pyridine rings is 1. The van der Waals surface area contributed by atoms with Gasteiger partial charge in [-0.1, -0.05) is 0 Å². The predicted octanol–water partition coefficient (Wildman–Crippen LogP) is 8.13. The topological polar surface area (TPSA) is 167 Å². The summed E-state index contributed by atoms with van der Waals surface area (Å²) in [5.74, 6) is 3.82. The Kier molecular flexibility index (Phi) is 9.22. The second-order valence-electron chi connectivity index (χ2n) is 14.5. The van der Waals surface area contributed by atoms with Crippen LogP contribution in [0.2, 0.25) is 0 Å². The predicted molar refractivity (Wildman–Crippen MR) is 226 cm³/mol.